The van der Waals surface area contributed by atoms with Crippen LogP contribution in [0.25, 0.3) is 11.1 Å². The van der Waals surface area contributed by atoms with Crippen LogP contribution in [0.2, 0.25) is 5.02 Å². The number of carbonyl (C=O) groups is 2. The summed E-state index contributed by atoms with van der Waals surface area (Å²) in [5.74, 6) is -6.87. The van der Waals surface area contributed by atoms with Crippen molar-refractivity contribution in [2.45, 2.75) is 12.3 Å². The van der Waals surface area contributed by atoms with E-state index in [1.165, 1.54) is 18.2 Å². The highest BCUT2D eigenvalue weighted by atomic mass is 35.5. The van der Waals surface area contributed by atoms with Gasteiger partial charge in [0, 0.05) is 36.1 Å². The number of benzene rings is 2. The summed E-state index contributed by atoms with van der Waals surface area (Å²) >= 11 is 5.90. The van der Waals surface area contributed by atoms with Crippen molar-refractivity contribution in [1.29, 1.82) is 0 Å². The number of hydrogen-bond donors (Lipinski definition) is 1. The molecule has 0 spiro atoms. The molecule has 5 nitrogen and oxygen atoms in total. The van der Waals surface area contributed by atoms with Crippen molar-refractivity contribution in [2.24, 2.45) is 5.92 Å². The Morgan fingerprint density at radius 1 is 1.06 bits per heavy atom. The summed E-state index contributed by atoms with van der Waals surface area (Å²) in [6.45, 7) is -1.16. The number of nitrogens with zero attached hydrogens (tertiary/aromatic N) is 2. The minimum atomic E-state index is -3.30. The lowest BCUT2D eigenvalue weighted by Crippen LogP contribution is -2.52. The Kier molecular flexibility index (Phi) is 6.37. The number of nitrogens with one attached hydrogen (secondary N) is 1. The predicted molar refractivity (Wildman–Crippen MR) is 119 cm³/mol. The van der Waals surface area contributed by atoms with E-state index in [2.05, 4.69) is 10.3 Å². The van der Waals surface area contributed by atoms with E-state index in [1.807, 2.05) is 0 Å². The first kappa shape index (κ1) is 22.8. The molecule has 2 amide bonds. The second-order valence-corrected chi connectivity index (χ2v) is 8.31. The quantitative estimate of drug-likeness (QED) is 0.561. The van der Waals surface area contributed by atoms with E-state index in [1.54, 1.807) is 42.7 Å². The fourth-order valence-corrected chi connectivity index (χ4v) is 4.01. The summed E-state index contributed by atoms with van der Waals surface area (Å²) in [7, 11) is 0. The lowest BCUT2D eigenvalue weighted by molar-refractivity contribution is -0.130. The zero-order valence-electron chi connectivity index (χ0n) is 17.3. The number of alkyl halides is 2. The lowest BCUT2D eigenvalue weighted by Gasteiger charge is -2.37. The zero-order valence-corrected chi connectivity index (χ0v) is 18.0. The first-order valence-corrected chi connectivity index (χ1v) is 10.5. The number of likely N-dealkylation sites (tertiary alicyclic amines) is 1. The molecular weight excluding hydrogens is 455 g/mol. The smallest absolute Gasteiger partial charge is 0.266 e. The van der Waals surface area contributed by atoms with E-state index in [-0.39, 0.29) is 12.1 Å². The number of carbonyl (C=O) groups excluding carboxylic acids is 2. The number of rotatable bonds is 4. The molecule has 1 atom stereocenters. The Hall–Kier alpha value is -3.39. The average Bonchev–Trinajstić information content (AvgIpc) is 2.78. The van der Waals surface area contributed by atoms with Crippen molar-refractivity contribution in [1.82, 2.24) is 9.88 Å². The van der Waals surface area contributed by atoms with Gasteiger partial charge in [0.05, 0.1) is 18.0 Å². The van der Waals surface area contributed by atoms with Gasteiger partial charge in [0.25, 0.3) is 11.8 Å². The molecule has 2 heterocycles. The van der Waals surface area contributed by atoms with Crippen LogP contribution in [0.3, 0.4) is 0 Å². The molecule has 1 aliphatic heterocycles. The number of aromatic nitrogens is 1. The third kappa shape index (κ3) is 5.34. The molecule has 1 saturated heterocycles. The number of pyridine rings is 1. The topological polar surface area (TPSA) is 62.3 Å². The second kappa shape index (κ2) is 9.23. The van der Waals surface area contributed by atoms with Gasteiger partial charge in [0.2, 0.25) is 5.91 Å². The third-order valence-corrected chi connectivity index (χ3v) is 5.60. The van der Waals surface area contributed by atoms with Crippen LogP contribution in [-0.4, -0.2) is 40.7 Å². The van der Waals surface area contributed by atoms with Crippen molar-refractivity contribution >= 4 is 29.1 Å². The van der Waals surface area contributed by atoms with Gasteiger partial charge in [-0.1, -0.05) is 23.7 Å². The highest BCUT2D eigenvalue weighted by Crippen LogP contribution is 2.33. The molecule has 2 aromatic carbocycles. The van der Waals surface area contributed by atoms with Crippen LogP contribution in [0, 0.1) is 11.7 Å². The van der Waals surface area contributed by atoms with Crippen LogP contribution in [0.1, 0.15) is 16.8 Å². The average molecular weight is 474 g/mol. The number of piperidine rings is 1. The Bertz CT molecular complexity index is 1190. The molecule has 1 unspecified atom stereocenters. The molecule has 170 valence electrons. The summed E-state index contributed by atoms with van der Waals surface area (Å²) in [4.78, 5) is 30.5. The van der Waals surface area contributed by atoms with Crippen LogP contribution in [0.5, 0.6) is 0 Å². The van der Waals surface area contributed by atoms with Crippen molar-refractivity contribution in [2.75, 3.05) is 18.4 Å². The van der Waals surface area contributed by atoms with Crippen LogP contribution < -0.4 is 5.32 Å². The third-order valence-electron chi connectivity index (χ3n) is 5.37. The fraction of sp³-hybridized carbons (Fsp3) is 0.208. The summed E-state index contributed by atoms with van der Waals surface area (Å²) in [5.41, 5.74) is 1.26. The van der Waals surface area contributed by atoms with Crippen molar-refractivity contribution in [3.63, 3.8) is 0 Å². The van der Waals surface area contributed by atoms with Crippen molar-refractivity contribution < 1.29 is 22.8 Å². The highest BCUT2D eigenvalue weighted by molar-refractivity contribution is 6.30. The predicted octanol–water partition coefficient (Wildman–Crippen LogP) is 5.28. The van der Waals surface area contributed by atoms with Crippen LogP contribution >= 0.6 is 11.6 Å². The van der Waals surface area contributed by atoms with Gasteiger partial charge in [0.1, 0.15) is 5.82 Å². The van der Waals surface area contributed by atoms with Gasteiger partial charge in [-0.15, -0.1) is 0 Å². The molecule has 0 radical (unpaired) electrons. The summed E-state index contributed by atoms with van der Waals surface area (Å²) < 4.78 is 43.5. The normalized spacial score (nSPS) is 17.5. The van der Waals surface area contributed by atoms with Gasteiger partial charge in [-0.2, -0.15) is 0 Å². The standard InChI is InChI=1S/C24H19ClF3N3O2/c25-18-2-1-3-19(11-18)30-22(32)17-12-24(27,28)14-31(13-17)23(33)20-10-16(4-5-21(20)26)15-6-8-29-9-7-15/h1-11,17H,12-14H2,(H,30,32). The van der Waals surface area contributed by atoms with Gasteiger partial charge in [-0.25, -0.2) is 13.2 Å². The Morgan fingerprint density at radius 2 is 1.82 bits per heavy atom. The van der Waals surface area contributed by atoms with E-state index in [0.717, 1.165) is 11.0 Å². The molecule has 0 saturated carbocycles. The van der Waals surface area contributed by atoms with Crippen LogP contribution in [0.15, 0.2) is 67.0 Å². The number of halogens is 4. The Balaban J connectivity index is 1.57. The van der Waals surface area contributed by atoms with Gasteiger partial charge in [0.15, 0.2) is 0 Å². The highest BCUT2D eigenvalue weighted by Gasteiger charge is 2.45. The lowest BCUT2D eigenvalue weighted by atomic mass is 9.93. The Morgan fingerprint density at radius 3 is 2.55 bits per heavy atom. The number of anilines is 1. The van der Waals surface area contributed by atoms with Crippen molar-refractivity contribution in [3.8, 4) is 11.1 Å². The maximum atomic E-state index is 14.5. The van der Waals surface area contributed by atoms with Crippen LogP contribution in [0.4, 0.5) is 18.9 Å². The molecule has 1 aliphatic rings. The molecule has 9 heteroatoms. The van der Waals surface area contributed by atoms with Gasteiger partial charge >= 0.3 is 0 Å². The molecular formula is C24H19ClF3N3O2. The van der Waals surface area contributed by atoms with Gasteiger partial charge in [-0.05, 0) is 53.6 Å². The van der Waals surface area contributed by atoms with Crippen LogP contribution in [-0.2, 0) is 4.79 Å². The summed E-state index contributed by atoms with van der Waals surface area (Å²) in [6, 6.07) is 13.6. The zero-order chi connectivity index (χ0) is 23.6. The molecule has 1 fully saturated rings. The first-order valence-electron chi connectivity index (χ1n) is 10.2. The number of hydrogen-bond acceptors (Lipinski definition) is 3. The minimum absolute atomic E-state index is 0.264. The molecule has 1 aromatic heterocycles. The van der Waals surface area contributed by atoms with E-state index in [0.29, 0.717) is 21.8 Å². The Labute approximate surface area is 193 Å². The molecule has 33 heavy (non-hydrogen) atoms. The van der Waals surface area contributed by atoms with E-state index in [9.17, 15) is 22.8 Å². The largest absolute Gasteiger partial charge is 0.332 e. The van der Waals surface area contributed by atoms with E-state index >= 15 is 0 Å². The van der Waals surface area contributed by atoms with E-state index < -0.39 is 42.4 Å². The maximum absolute atomic E-state index is 14.5. The summed E-state index contributed by atoms with van der Waals surface area (Å²) in [5, 5.41) is 2.93. The minimum Gasteiger partial charge on any atom is -0.332 e. The van der Waals surface area contributed by atoms with Gasteiger partial charge < -0.3 is 10.2 Å². The fourth-order valence-electron chi connectivity index (χ4n) is 3.82. The molecule has 0 aliphatic carbocycles. The monoisotopic (exact) mass is 473 g/mol. The number of amides is 2. The molecule has 4 rings (SSSR count). The molecule has 1 N–H and O–H groups in total. The first-order chi connectivity index (χ1) is 15.7. The maximum Gasteiger partial charge on any atom is 0.266 e. The van der Waals surface area contributed by atoms with Crippen molar-refractivity contribution in [3.05, 3.63) is 83.4 Å². The molecule has 0 bridgehead atoms. The second-order valence-electron chi connectivity index (χ2n) is 7.87. The molecule has 3 aromatic rings. The van der Waals surface area contributed by atoms with E-state index in [4.69, 9.17) is 11.6 Å². The SMILES string of the molecule is O=C(Nc1cccc(Cl)c1)C1CN(C(=O)c2cc(-c3ccncc3)ccc2F)CC(F)(F)C1. The summed E-state index contributed by atoms with van der Waals surface area (Å²) in [6.07, 6.45) is 2.38. The van der Waals surface area contributed by atoms with Gasteiger partial charge in [-0.3, -0.25) is 14.6 Å².